The Morgan fingerprint density at radius 2 is 2.38 bits per heavy atom. The number of nitrogens with one attached hydrogen (secondary N) is 1. The van der Waals surface area contributed by atoms with Crippen molar-refractivity contribution in [1.29, 1.82) is 0 Å². The molecule has 1 aliphatic rings. The molecule has 1 aromatic rings. The van der Waals surface area contributed by atoms with Crippen LogP contribution in [-0.4, -0.2) is 24.5 Å². The molecule has 0 fully saturated rings. The predicted octanol–water partition coefficient (Wildman–Crippen LogP) is 0.297. The zero-order valence-electron chi connectivity index (χ0n) is 9.49. The molecular formula is C12H18N2O2. The van der Waals surface area contributed by atoms with Gasteiger partial charge in [-0.3, -0.25) is 5.32 Å². The smallest absolute Gasteiger partial charge is 0.122 e. The number of fused-ring (bicyclic) bond motifs is 1. The molecule has 0 aromatic heterocycles. The van der Waals surface area contributed by atoms with Gasteiger partial charge in [0.2, 0.25) is 0 Å². The molecular weight excluding hydrogens is 204 g/mol. The number of hydrogen-bond acceptors (Lipinski definition) is 4. The molecule has 0 saturated carbocycles. The molecule has 0 amide bonds. The average molecular weight is 222 g/mol. The van der Waals surface area contributed by atoms with E-state index < -0.39 is 0 Å². The van der Waals surface area contributed by atoms with E-state index in [1.165, 1.54) is 16.7 Å². The first-order valence-electron chi connectivity index (χ1n) is 5.53. The summed E-state index contributed by atoms with van der Waals surface area (Å²) in [5.74, 6) is 0.951. The van der Waals surface area contributed by atoms with Crippen LogP contribution in [0.1, 0.15) is 16.7 Å². The molecule has 0 bridgehead atoms. The Balaban J connectivity index is 2.27. The van der Waals surface area contributed by atoms with Crippen molar-refractivity contribution in [2.45, 2.75) is 25.9 Å². The minimum absolute atomic E-state index is 0.00740. The highest BCUT2D eigenvalue weighted by Gasteiger charge is 2.19. The standard InChI is InChI=1S/C12H18N2O2/c1-8-9(5-14-7-15)2-3-12-11(8)4-10(13)6-16-12/h2-3,10,14-15H,4-7,13H2,1H3. The third kappa shape index (κ3) is 2.19. The Kier molecular flexibility index (Phi) is 3.43. The van der Waals surface area contributed by atoms with Gasteiger partial charge in [-0.25, -0.2) is 0 Å². The highest BCUT2D eigenvalue weighted by molar-refractivity contribution is 5.46. The van der Waals surface area contributed by atoms with Crippen molar-refractivity contribution in [1.82, 2.24) is 5.32 Å². The summed E-state index contributed by atoms with van der Waals surface area (Å²) in [6.45, 7) is 3.34. The average Bonchev–Trinajstić information content (AvgIpc) is 2.29. The van der Waals surface area contributed by atoms with Crippen LogP contribution in [0.15, 0.2) is 12.1 Å². The molecule has 0 spiro atoms. The van der Waals surface area contributed by atoms with Crippen molar-refractivity contribution in [3.8, 4) is 5.75 Å². The van der Waals surface area contributed by atoms with E-state index in [1.807, 2.05) is 12.1 Å². The van der Waals surface area contributed by atoms with Crippen molar-refractivity contribution in [3.63, 3.8) is 0 Å². The van der Waals surface area contributed by atoms with Crippen molar-refractivity contribution in [2.75, 3.05) is 13.3 Å². The van der Waals surface area contributed by atoms with E-state index in [-0.39, 0.29) is 12.8 Å². The van der Waals surface area contributed by atoms with Crippen LogP contribution < -0.4 is 15.8 Å². The van der Waals surface area contributed by atoms with Gasteiger partial charge in [-0.2, -0.15) is 0 Å². The van der Waals surface area contributed by atoms with Crippen molar-refractivity contribution in [2.24, 2.45) is 5.73 Å². The van der Waals surface area contributed by atoms with Gasteiger partial charge in [0.15, 0.2) is 0 Å². The van der Waals surface area contributed by atoms with Crippen LogP contribution in [-0.2, 0) is 13.0 Å². The molecule has 1 heterocycles. The first-order valence-corrected chi connectivity index (χ1v) is 5.53. The summed E-state index contributed by atoms with van der Waals surface area (Å²) < 4.78 is 5.58. The molecule has 2 rings (SSSR count). The van der Waals surface area contributed by atoms with Crippen LogP contribution in [0, 0.1) is 6.92 Å². The van der Waals surface area contributed by atoms with Gasteiger partial charge in [-0.05, 0) is 36.1 Å². The van der Waals surface area contributed by atoms with Crippen molar-refractivity contribution >= 4 is 0 Å². The molecule has 88 valence electrons. The normalized spacial score (nSPS) is 19.1. The van der Waals surface area contributed by atoms with Gasteiger partial charge in [0, 0.05) is 12.6 Å². The fraction of sp³-hybridized carbons (Fsp3) is 0.500. The van der Waals surface area contributed by atoms with Crippen molar-refractivity contribution < 1.29 is 9.84 Å². The van der Waals surface area contributed by atoms with E-state index in [0.717, 1.165) is 12.2 Å². The molecule has 0 saturated heterocycles. The quantitative estimate of drug-likeness (QED) is 0.643. The first kappa shape index (κ1) is 11.4. The molecule has 4 nitrogen and oxygen atoms in total. The molecule has 1 unspecified atom stereocenters. The third-order valence-electron chi connectivity index (χ3n) is 3.01. The summed E-state index contributed by atoms with van der Waals surface area (Å²) in [7, 11) is 0. The highest BCUT2D eigenvalue weighted by atomic mass is 16.5. The lowest BCUT2D eigenvalue weighted by molar-refractivity contribution is 0.257. The Hall–Kier alpha value is -1.10. The fourth-order valence-corrected chi connectivity index (χ4v) is 2.07. The van der Waals surface area contributed by atoms with Gasteiger partial charge < -0.3 is 15.6 Å². The van der Waals surface area contributed by atoms with Gasteiger partial charge in [0.05, 0.1) is 6.73 Å². The zero-order chi connectivity index (χ0) is 11.5. The van der Waals surface area contributed by atoms with Crippen LogP contribution in [0.5, 0.6) is 5.75 Å². The number of aliphatic hydroxyl groups is 1. The summed E-state index contributed by atoms with van der Waals surface area (Å²) >= 11 is 0. The van der Waals surface area contributed by atoms with E-state index in [9.17, 15) is 0 Å². The Morgan fingerprint density at radius 3 is 3.12 bits per heavy atom. The lowest BCUT2D eigenvalue weighted by Crippen LogP contribution is -2.34. The number of hydrogen-bond donors (Lipinski definition) is 3. The van der Waals surface area contributed by atoms with E-state index >= 15 is 0 Å². The topological polar surface area (TPSA) is 67.5 Å². The number of nitrogens with two attached hydrogens (primary N) is 1. The van der Waals surface area contributed by atoms with Crippen LogP contribution in [0.3, 0.4) is 0 Å². The maximum Gasteiger partial charge on any atom is 0.122 e. The number of ether oxygens (including phenoxy) is 1. The number of rotatable bonds is 3. The highest BCUT2D eigenvalue weighted by Crippen LogP contribution is 2.29. The summed E-state index contributed by atoms with van der Waals surface area (Å²) in [6, 6.07) is 4.11. The van der Waals surface area contributed by atoms with E-state index in [0.29, 0.717) is 13.2 Å². The van der Waals surface area contributed by atoms with E-state index in [1.54, 1.807) is 0 Å². The summed E-state index contributed by atoms with van der Waals surface area (Å²) in [6.07, 6.45) is 0.869. The van der Waals surface area contributed by atoms with Gasteiger partial charge in [0.1, 0.15) is 12.4 Å². The minimum Gasteiger partial charge on any atom is -0.492 e. The molecule has 0 radical (unpaired) electrons. The lowest BCUT2D eigenvalue weighted by Gasteiger charge is -2.25. The maximum atomic E-state index is 8.74. The monoisotopic (exact) mass is 222 g/mol. The second-order valence-electron chi connectivity index (χ2n) is 4.19. The molecule has 1 aromatic carbocycles. The molecule has 0 aliphatic carbocycles. The summed E-state index contributed by atoms with van der Waals surface area (Å²) in [5.41, 5.74) is 9.49. The Labute approximate surface area is 95.4 Å². The van der Waals surface area contributed by atoms with Crippen molar-refractivity contribution in [3.05, 3.63) is 28.8 Å². The van der Waals surface area contributed by atoms with E-state index in [4.69, 9.17) is 15.6 Å². The molecule has 4 heteroatoms. The largest absolute Gasteiger partial charge is 0.492 e. The van der Waals surface area contributed by atoms with Gasteiger partial charge in [-0.15, -0.1) is 0 Å². The molecule has 1 atom stereocenters. The van der Waals surface area contributed by atoms with E-state index in [2.05, 4.69) is 12.2 Å². The Morgan fingerprint density at radius 1 is 1.56 bits per heavy atom. The van der Waals surface area contributed by atoms with Crippen LogP contribution in [0.4, 0.5) is 0 Å². The van der Waals surface area contributed by atoms with Crippen LogP contribution >= 0.6 is 0 Å². The molecule has 16 heavy (non-hydrogen) atoms. The van der Waals surface area contributed by atoms with Crippen LogP contribution in [0.2, 0.25) is 0 Å². The summed E-state index contributed by atoms with van der Waals surface area (Å²) in [4.78, 5) is 0. The second-order valence-corrected chi connectivity index (χ2v) is 4.19. The zero-order valence-corrected chi connectivity index (χ0v) is 9.49. The maximum absolute atomic E-state index is 8.74. The first-order chi connectivity index (χ1) is 7.72. The summed E-state index contributed by atoms with van der Waals surface area (Å²) in [5, 5.41) is 11.7. The van der Waals surface area contributed by atoms with Gasteiger partial charge >= 0.3 is 0 Å². The SMILES string of the molecule is Cc1c(CNCO)ccc2c1CC(N)CO2. The molecule has 1 aliphatic heterocycles. The van der Waals surface area contributed by atoms with Gasteiger partial charge in [0.25, 0.3) is 0 Å². The van der Waals surface area contributed by atoms with Crippen LogP contribution in [0.25, 0.3) is 0 Å². The minimum atomic E-state index is -0.00740. The lowest BCUT2D eigenvalue weighted by atomic mass is 9.94. The third-order valence-corrected chi connectivity index (χ3v) is 3.01. The fourth-order valence-electron chi connectivity index (χ4n) is 2.07. The number of aliphatic hydroxyl groups excluding tert-OH is 1. The number of benzene rings is 1. The van der Waals surface area contributed by atoms with Gasteiger partial charge in [-0.1, -0.05) is 6.07 Å². The predicted molar refractivity (Wildman–Crippen MR) is 62.3 cm³/mol. The molecule has 4 N–H and O–H groups in total. The Bertz CT molecular complexity index is 380. The second kappa shape index (κ2) is 4.82.